The summed E-state index contributed by atoms with van der Waals surface area (Å²) in [4.78, 5) is 31.3. The van der Waals surface area contributed by atoms with Crippen LogP contribution in [0.25, 0.3) is 0 Å². The van der Waals surface area contributed by atoms with E-state index in [-0.39, 0.29) is 5.56 Å². The molecule has 6 heteroatoms. The zero-order valence-electron chi connectivity index (χ0n) is 15.5. The lowest BCUT2D eigenvalue weighted by Gasteiger charge is -2.24. The van der Waals surface area contributed by atoms with Gasteiger partial charge in [0, 0.05) is 19.0 Å². The fourth-order valence-corrected chi connectivity index (χ4v) is 3.19. The molecule has 1 aliphatic carbocycles. The minimum absolute atomic E-state index is 0.0564. The standard InChI is InChI=1S/C20H25N3O3/c1-4-23(5-2)17-10-9-15(12-21-17)22-19(24)18-13(3)11-16(26-20(18)25)14-7-6-8-14/h9-12,14H,4-8H2,1-3H3,(H,22,24). The van der Waals surface area contributed by atoms with Crippen LogP contribution >= 0.6 is 0 Å². The molecule has 1 amide bonds. The molecule has 1 aliphatic rings. The first-order valence-electron chi connectivity index (χ1n) is 9.20. The van der Waals surface area contributed by atoms with Crippen molar-refractivity contribution in [1.82, 2.24) is 4.98 Å². The summed E-state index contributed by atoms with van der Waals surface area (Å²) in [6.45, 7) is 7.63. The second-order valence-electron chi connectivity index (χ2n) is 6.65. The van der Waals surface area contributed by atoms with Crippen LogP contribution in [0.2, 0.25) is 0 Å². The fourth-order valence-electron chi connectivity index (χ4n) is 3.19. The summed E-state index contributed by atoms with van der Waals surface area (Å²) in [6.07, 6.45) is 4.84. The smallest absolute Gasteiger partial charge is 0.349 e. The van der Waals surface area contributed by atoms with Gasteiger partial charge in [0.1, 0.15) is 17.1 Å². The number of rotatable bonds is 6. The first kappa shape index (κ1) is 18.2. The lowest BCUT2D eigenvalue weighted by atomic mass is 9.83. The van der Waals surface area contributed by atoms with Gasteiger partial charge in [-0.3, -0.25) is 4.79 Å². The molecule has 1 N–H and O–H groups in total. The van der Waals surface area contributed by atoms with E-state index in [1.807, 2.05) is 12.1 Å². The van der Waals surface area contributed by atoms with Gasteiger partial charge < -0.3 is 14.6 Å². The molecule has 2 aromatic heterocycles. The Hall–Kier alpha value is -2.63. The summed E-state index contributed by atoms with van der Waals surface area (Å²) in [7, 11) is 0. The van der Waals surface area contributed by atoms with E-state index >= 15 is 0 Å². The number of nitrogens with one attached hydrogen (secondary N) is 1. The predicted octanol–water partition coefficient (Wildman–Crippen LogP) is 3.71. The van der Waals surface area contributed by atoms with Gasteiger partial charge in [0.2, 0.25) is 0 Å². The van der Waals surface area contributed by atoms with E-state index in [0.29, 0.717) is 22.9 Å². The Morgan fingerprint density at radius 3 is 2.54 bits per heavy atom. The van der Waals surface area contributed by atoms with Gasteiger partial charge >= 0.3 is 5.63 Å². The minimum atomic E-state index is -0.572. The fraction of sp³-hybridized carbons (Fsp3) is 0.450. The quantitative estimate of drug-likeness (QED) is 0.855. The van der Waals surface area contributed by atoms with Gasteiger partial charge in [0.15, 0.2) is 0 Å². The van der Waals surface area contributed by atoms with E-state index in [9.17, 15) is 9.59 Å². The third-order valence-electron chi connectivity index (χ3n) is 5.00. The number of aromatic nitrogens is 1. The van der Waals surface area contributed by atoms with Crippen LogP contribution in [-0.4, -0.2) is 24.0 Å². The van der Waals surface area contributed by atoms with Gasteiger partial charge in [0.25, 0.3) is 5.91 Å². The summed E-state index contributed by atoms with van der Waals surface area (Å²) in [5, 5.41) is 2.74. The summed E-state index contributed by atoms with van der Waals surface area (Å²) in [6, 6.07) is 5.47. The Labute approximate surface area is 153 Å². The lowest BCUT2D eigenvalue weighted by molar-refractivity contribution is 0.102. The molecular formula is C20H25N3O3. The minimum Gasteiger partial charge on any atom is -0.427 e. The maximum atomic E-state index is 12.5. The van der Waals surface area contributed by atoms with Crippen molar-refractivity contribution in [3.05, 3.63) is 51.7 Å². The van der Waals surface area contributed by atoms with Crippen molar-refractivity contribution in [2.75, 3.05) is 23.3 Å². The molecule has 3 rings (SSSR count). The van der Waals surface area contributed by atoms with Crippen molar-refractivity contribution < 1.29 is 9.21 Å². The number of hydrogen-bond donors (Lipinski definition) is 1. The van der Waals surface area contributed by atoms with Crippen molar-refractivity contribution >= 4 is 17.4 Å². The normalized spacial score (nSPS) is 14.0. The van der Waals surface area contributed by atoms with E-state index in [0.717, 1.165) is 38.2 Å². The van der Waals surface area contributed by atoms with Gasteiger partial charge in [-0.1, -0.05) is 6.42 Å². The molecule has 0 unspecified atom stereocenters. The third-order valence-corrected chi connectivity index (χ3v) is 5.00. The number of carbonyl (C=O) groups is 1. The summed E-state index contributed by atoms with van der Waals surface area (Å²) >= 11 is 0. The Kier molecular flexibility index (Phi) is 5.40. The van der Waals surface area contributed by atoms with Crippen molar-refractivity contribution in [2.24, 2.45) is 0 Å². The molecule has 1 saturated carbocycles. The van der Waals surface area contributed by atoms with Crippen molar-refractivity contribution in [3.63, 3.8) is 0 Å². The van der Waals surface area contributed by atoms with E-state index in [1.54, 1.807) is 19.2 Å². The SMILES string of the molecule is CCN(CC)c1ccc(NC(=O)c2c(C)cc(C3CCC3)oc2=O)cn1. The highest BCUT2D eigenvalue weighted by Gasteiger charge is 2.25. The number of carbonyl (C=O) groups excluding carboxylic acids is 1. The molecule has 0 saturated heterocycles. The Balaban J connectivity index is 1.76. The molecule has 0 spiro atoms. The molecular weight excluding hydrogens is 330 g/mol. The Bertz CT molecular complexity index is 834. The van der Waals surface area contributed by atoms with Crippen LogP contribution in [0, 0.1) is 6.92 Å². The van der Waals surface area contributed by atoms with E-state index in [2.05, 4.69) is 29.0 Å². The topological polar surface area (TPSA) is 75.4 Å². The van der Waals surface area contributed by atoms with Crippen molar-refractivity contribution in [1.29, 1.82) is 0 Å². The maximum Gasteiger partial charge on any atom is 0.349 e. The maximum absolute atomic E-state index is 12.5. The van der Waals surface area contributed by atoms with E-state index in [1.165, 1.54) is 0 Å². The van der Waals surface area contributed by atoms with Crippen molar-refractivity contribution in [3.8, 4) is 0 Å². The predicted molar refractivity (Wildman–Crippen MR) is 102 cm³/mol. The first-order chi connectivity index (χ1) is 12.5. The van der Waals surface area contributed by atoms with Crippen LogP contribution in [0.1, 0.15) is 60.7 Å². The molecule has 2 heterocycles. The molecule has 26 heavy (non-hydrogen) atoms. The second-order valence-corrected chi connectivity index (χ2v) is 6.65. The zero-order valence-corrected chi connectivity index (χ0v) is 15.5. The summed E-state index contributed by atoms with van der Waals surface area (Å²) in [5.74, 6) is 1.40. The molecule has 0 bridgehead atoms. The van der Waals surface area contributed by atoms with Crippen LogP contribution in [-0.2, 0) is 0 Å². The average Bonchev–Trinajstić information content (AvgIpc) is 2.55. The van der Waals surface area contributed by atoms with Gasteiger partial charge in [-0.05, 0) is 57.4 Å². The van der Waals surface area contributed by atoms with Crippen LogP contribution in [0.4, 0.5) is 11.5 Å². The molecule has 0 atom stereocenters. The summed E-state index contributed by atoms with van der Waals surface area (Å²) in [5.41, 5.74) is 0.680. The largest absolute Gasteiger partial charge is 0.427 e. The lowest BCUT2D eigenvalue weighted by Crippen LogP contribution is -2.25. The van der Waals surface area contributed by atoms with Crippen molar-refractivity contribution in [2.45, 2.75) is 46.0 Å². The van der Waals surface area contributed by atoms with Gasteiger partial charge in [-0.15, -0.1) is 0 Å². The second kappa shape index (κ2) is 7.72. The van der Waals surface area contributed by atoms with Crippen LogP contribution in [0.15, 0.2) is 33.6 Å². The molecule has 138 valence electrons. The van der Waals surface area contributed by atoms with Gasteiger partial charge in [-0.25, -0.2) is 9.78 Å². The molecule has 0 aromatic carbocycles. The number of aryl methyl sites for hydroxylation is 1. The first-order valence-corrected chi connectivity index (χ1v) is 9.20. The number of anilines is 2. The number of nitrogens with zero attached hydrogens (tertiary/aromatic N) is 2. The van der Waals surface area contributed by atoms with Gasteiger partial charge in [0.05, 0.1) is 11.9 Å². The molecule has 2 aromatic rings. The zero-order chi connectivity index (χ0) is 18.7. The molecule has 1 fully saturated rings. The third kappa shape index (κ3) is 3.64. The summed E-state index contributed by atoms with van der Waals surface area (Å²) < 4.78 is 5.39. The Morgan fingerprint density at radius 1 is 1.31 bits per heavy atom. The molecule has 0 radical (unpaired) electrons. The highest BCUT2D eigenvalue weighted by atomic mass is 16.4. The van der Waals surface area contributed by atoms with Crippen LogP contribution in [0.3, 0.4) is 0 Å². The van der Waals surface area contributed by atoms with Gasteiger partial charge in [-0.2, -0.15) is 0 Å². The monoisotopic (exact) mass is 355 g/mol. The number of hydrogen-bond acceptors (Lipinski definition) is 5. The average molecular weight is 355 g/mol. The highest BCUT2D eigenvalue weighted by molar-refractivity contribution is 6.04. The highest BCUT2D eigenvalue weighted by Crippen LogP contribution is 2.36. The van der Waals surface area contributed by atoms with Crippen LogP contribution in [0.5, 0.6) is 0 Å². The van der Waals surface area contributed by atoms with Crippen LogP contribution < -0.4 is 15.8 Å². The van der Waals surface area contributed by atoms with E-state index in [4.69, 9.17) is 4.42 Å². The van der Waals surface area contributed by atoms with E-state index < -0.39 is 11.5 Å². The number of pyridine rings is 1. The Morgan fingerprint density at radius 2 is 2.04 bits per heavy atom. The molecule has 6 nitrogen and oxygen atoms in total. The number of amides is 1. The molecule has 0 aliphatic heterocycles.